The van der Waals surface area contributed by atoms with Crippen LogP contribution >= 0.6 is 15.9 Å². The number of nitrogens with one attached hydrogen (secondary N) is 1. The molecule has 1 amide bonds. The van der Waals surface area contributed by atoms with Crippen molar-refractivity contribution in [1.29, 1.82) is 0 Å². The fourth-order valence-electron chi connectivity index (χ4n) is 3.13. The molecule has 0 aromatic heterocycles. The Balaban J connectivity index is 1.49. The van der Waals surface area contributed by atoms with E-state index in [1.807, 2.05) is 30.3 Å². The molecule has 0 spiro atoms. The van der Waals surface area contributed by atoms with Crippen LogP contribution in [-0.4, -0.2) is 19.1 Å². The van der Waals surface area contributed by atoms with Gasteiger partial charge in [0, 0.05) is 11.0 Å². The van der Waals surface area contributed by atoms with Gasteiger partial charge in [0.2, 0.25) is 0 Å². The highest BCUT2D eigenvalue weighted by Gasteiger charge is 2.14. The summed E-state index contributed by atoms with van der Waals surface area (Å²) in [6, 6.07) is 12.0. The molecule has 1 N–H and O–H groups in total. The van der Waals surface area contributed by atoms with E-state index in [1.165, 1.54) is 32.1 Å². The van der Waals surface area contributed by atoms with Crippen LogP contribution < -0.4 is 10.1 Å². The lowest BCUT2D eigenvalue weighted by atomic mass is 9.89. The number of halogens is 1. The van der Waals surface area contributed by atoms with Crippen LogP contribution in [0.2, 0.25) is 0 Å². The number of hydrogen-bond acceptors (Lipinski definition) is 2. The van der Waals surface area contributed by atoms with E-state index < -0.39 is 0 Å². The third kappa shape index (κ3) is 4.71. The van der Waals surface area contributed by atoms with Gasteiger partial charge in [-0.15, -0.1) is 0 Å². The number of carbonyl (C=O) groups excluding carboxylic acids is 1. The number of hydrogen-bond donors (Lipinski definition) is 1. The van der Waals surface area contributed by atoms with Gasteiger partial charge in [0.1, 0.15) is 5.75 Å². The topological polar surface area (TPSA) is 38.3 Å². The van der Waals surface area contributed by atoms with E-state index in [0.717, 1.165) is 27.5 Å². The Morgan fingerprint density at radius 2 is 1.83 bits per heavy atom. The lowest BCUT2D eigenvalue weighted by molar-refractivity contribution is -0.123. The number of ether oxygens (including phenoxy) is 1. The molecule has 3 rings (SSSR count). The monoisotopic (exact) mass is 375 g/mol. The van der Waals surface area contributed by atoms with Crippen molar-refractivity contribution >= 4 is 32.6 Å². The fraction of sp³-hybridized carbons (Fsp3) is 0.421. The van der Waals surface area contributed by atoms with E-state index >= 15 is 0 Å². The molecule has 23 heavy (non-hydrogen) atoms. The van der Waals surface area contributed by atoms with Gasteiger partial charge in [0.15, 0.2) is 6.61 Å². The predicted octanol–water partition coefficient (Wildman–Crippen LogP) is 4.68. The minimum absolute atomic E-state index is 0.0357. The Morgan fingerprint density at radius 1 is 1.09 bits per heavy atom. The minimum atomic E-state index is -0.0357. The lowest BCUT2D eigenvalue weighted by Gasteiger charge is -2.21. The Labute approximate surface area is 145 Å². The van der Waals surface area contributed by atoms with Crippen molar-refractivity contribution in [3.8, 4) is 5.75 Å². The highest BCUT2D eigenvalue weighted by Crippen LogP contribution is 2.24. The summed E-state index contributed by atoms with van der Waals surface area (Å²) in [7, 11) is 0. The highest BCUT2D eigenvalue weighted by atomic mass is 79.9. The number of fused-ring (bicyclic) bond motifs is 1. The summed E-state index contributed by atoms with van der Waals surface area (Å²) < 4.78 is 6.68. The molecule has 2 aromatic rings. The molecule has 0 atom stereocenters. The number of benzene rings is 2. The Hall–Kier alpha value is -1.55. The van der Waals surface area contributed by atoms with E-state index in [4.69, 9.17) is 4.74 Å². The van der Waals surface area contributed by atoms with E-state index in [2.05, 4.69) is 27.3 Å². The van der Waals surface area contributed by atoms with Crippen LogP contribution in [0.5, 0.6) is 5.75 Å². The first-order valence-electron chi connectivity index (χ1n) is 8.29. The largest absolute Gasteiger partial charge is 0.484 e. The van der Waals surface area contributed by atoms with Crippen molar-refractivity contribution in [1.82, 2.24) is 5.32 Å². The van der Waals surface area contributed by atoms with Gasteiger partial charge >= 0.3 is 0 Å². The zero-order valence-electron chi connectivity index (χ0n) is 13.2. The van der Waals surface area contributed by atoms with E-state index in [9.17, 15) is 4.79 Å². The molecule has 0 saturated heterocycles. The molecule has 3 nitrogen and oxygen atoms in total. The van der Waals surface area contributed by atoms with Gasteiger partial charge in [-0.1, -0.05) is 47.3 Å². The molecule has 1 aliphatic carbocycles. The van der Waals surface area contributed by atoms with Crippen LogP contribution in [0, 0.1) is 5.92 Å². The molecular weight excluding hydrogens is 354 g/mol. The van der Waals surface area contributed by atoms with E-state index in [0.29, 0.717) is 5.92 Å². The second kappa shape index (κ2) is 7.82. The quantitative estimate of drug-likeness (QED) is 0.823. The van der Waals surface area contributed by atoms with Crippen LogP contribution in [0.4, 0.5) is 0 Å². The van der Waals surface area contributed by atoms with E-state index in [-0.39, 0.29) is 12.5 Å². The molecule has 0 aliphatic heterocycles. The standard InChI is InChI=1S/C19H22BrNO2/c20-17-8-6-16-11-18(9-7-15(16)10-17)23-13-19(22)21-12-14-4-2-1-3-5-14/h6-11,14H,1-5,12-13H2,(H,21,22). The van der Waals surface area contributed by atoms with Crippen molar-refractivity contribution < 1.29 is 9.53 Å². The van der Waals surface area contributed by atoms with Crippen LogP contribution in [0.1, 0.15) is 32.1 Å². The van der Waals surface area contributed by atoms with Gasteiger partial charge in [0.25, 0.3) is 5.91 Å². The van der Waals surface area contributed by atoms with Gasteiger partial charge in [-0.3, -0.25) is 4.79 Å². The third-order valence-corrected chi connectivity index (χ3v) is 4.95. The summed E-state index contributed by atoms with van der Waals surface area (Å²) in [5, 5.41) is 5.25. The van der Waals surface area contributed by atoms with Gasteiger partial charge in [-0.25, -0.2) is 0 Å². The molecule has 4 heteroatoms. The summed E-state index contributed by atoms with van der Waals surface area (Å²) >= 11 is 3.47. The molecule has 1 aliphatic rings. The van der Waals surface area contributed by atoms with Crippen molar-refractivity contribution in [2.24, 2.45) is 5.92 Å². The summed E-state index contributed by atoms with van der Waals surface area (Å²) in [6.45, 7) is 0.864. The number of amides is 1. The normalized spacial score (nSPS) is 15.5. The van der Waals surface area contributed by atoms with Crippen LogP contribution in [-0.2, 0) is 4.79 Å². The van der Waals surface area contributed by atoms with Gasteiger partial charge in [-0.2, -0.15) is 0 Å². The second-order valence-electron chi connectivity index (χ2n) is 6.25. The maximum Gasteiger partial charge on any atom is 0.257 e. The Kier molecular flexibility index (Phi) is 5.55. The number of carbonyl (C=O) groups is 1. The minimum Gasteiger partial charge on any atom is -0.484 e. The van der Waals surface area contributed by atoms with Gasteiger partial charge in [0.05, 0.1) is 0 Å². The predicted molar refractivity (Wildman–Crippen MR) is 96.7 cm³/mol. The first-order chi connectivity index (χ1) is 11.2. The number of rotatable bonds is 5. The van der Waals surface area contributed by atoms with Crippen molar-refractivity contribution in [2.75, 3.05) is 13.2 Å². The maximum absolute atomic E-state index is 11.9. The molecule has 0 bridgehead atoms. The zero-order valence-corrected chi connectivity index (χ0v) is 14.8. The molecule has 0 heterocycles. The van der Waals surface area contributed by atoms with Crippen LogP contribution in [0.15, 0.2) is 40.9 Å². The average molecular weight is 376 g/mol. The molecule has 1 saturated carbocycles. The van der Waals surface area contributed by atoms with Gasteiger partial charge < -0.3 is 10.1 Å². The Morgan fingerprint density at radius 3 is 2.65 bits per heavy atom. The fourth-order valence-corrected chi connectivity index (χ4v) is 3.51. The first-order valence-corrected chi connectivity index (χ1v) is 9.09. The summed E-state index contributed by atoms with van der Waals surface area (Å²) in [6.07, 6.45) is 6.41. The molecule has 1 fully saturated rings. The third-order valence-electron chi connectivity index (χ3n) is 4.46. The first kappa shape index (κ1) is 16.3. The average Bonchev–Trinajstić information content (AvgIpc) is 2.59. The molecule has 0 radical (unpaired) electrons. The summed E-state index contributed by atoms with van der Waals surface area (Å²) in [4.78, 5) is 11.9. The molecular formula is C19H22BrNO2. The lowest BCUT2D eigenvalue weighted by Crippen LogP contribution is -2.33. The second-order valence-corrected chi connectivity index (χ2v) is 7.17. The summed E-state index contributed by atoms with van der Waals surface area (Å²) in [5.41, 5.74) is 0. The van der Waals surface area contributed by atoms with Gasteiger partial charge in [-0.05, 0) is 53.8 Å². The Bertz CT molecular complexity index is 680. The molecule has 2 aromatic carbocycles. The highest BCUT2D eigenvalue weighted by molar-refractivity contribution is 9.10. The summed E-state index contributed by atoms with van der Waals surface area (Å²) in [5.74, 6) is 1.34. The van der Waals surface area contributed by atoms with Crippen LogP contribution in [0.3, 0.4) is 0 Å². The smallest absolute Gasteiger partial charge is 0.257 e. The van der Waals surface area contributed by atoms with Crippen molar-refractivity contribution in [3.05, 3.63) is 40.9 Å². The van der Waals surface area contributed by atoms with Crippen LogP contribution in [0.25, 0.3) is 10.8 Å². The molecule has 0 unspecified atom stereocenters. The molecule has 122 valence electrons. The maximum atomic E-state index is 11.9. The zero-order chi connectivity index (χ0) is 16.1. The van der Waals surface area contributed by atoms with Crippen molar-refractivity contribution in [2.45, 2.75) is 32.1 Å². The van der Waals surface area contributed by atoms with Crippen molar-refractivity contribution in [3.63, 3.8) is 0 Å². The van der Waals surface area contributed by atoms with E-state index in [1.54, 1.807) is 0 Å². The SMILES string of the molecule is O=C(COc1ccc2cc(Br)ccc2c1)NCC1CCCCC1.